The van der Waals surface area contributed by atoms with Crippen molar-refractivity contribution in [3.63, 3.8) is 0 Å². The van der Waals surface area contributed by atoms with Crippen LogP contribution in [0.3, 0.4) is 0 Å². The number of nitrogens with one attached hydrogen (secondary N) is 2. The smallest absolute Gasteiger partial charge is 0.244 e. The van der Waals surface area contributed by atoms with E-state index < -0.39 is 0 Å². The molecule has 1 aliphatic rings. The van der Waals surface area contributed by atoms with Gasteiger partial charge in [-0.25, -0.2) is 0 Å². The molecular formula is C12H23N5O. The van der Waals surface area contributed by atoms with Crippen molar-refractivity contribution in [2.24, 2.45) is 0 Å². The molecule has 0 aromatic carbocycles. The molecule has 0 amide bonds. The predicted molar refractivity (Wildman–Crippen MR) is 70.9 cm³/mol. The number of ether oxygens (including phenoxy) is 1. The first-order chi connectivity index (χ1) is 8.79. The highest BCUT2D eigenvalue weighted by Gasteiger charge is 2.18. The van der Waals surface area contributed by atoms with Crippen LogP contribution in [0.1, 0.15) is 26.1 Å². The lowest BCUT2D eigenvalue weighted by Crippen LogP contribution is -2.49. The highest BCUT2D eigenvalue weighted by Crippen LogP contribution is 2.10. The van der Waals surface area contributed by atoms with E-state index in [1.807, 2.05) is 6.92 Å². The van der Waals surface area contributed by atoms with Gasteiger partial charge in [-0.1, -0.05) is 0 Å². The van der Waals surface area contributed by atoms with Crippen LogP contribution in [0.5, 0.6) is 0 Å². The lowest BCUT2D eigenvalue weighted by atomic mass is 10.2. The molecule has 1 saturated heterocycles. The summed E-state index contributed by atoms with van der Waals surface area (Å²) in [6, 6.07) is 0.499. The van der Waals surface area contributed by atoms with Crippen molar-refractivity contribution in [1.82, 2.24) is 20.5 Å². The Morgan fingerprint density at radius 3 is 3.17 bits per heavy atom. The maximum atomic E-state index is 5.31. The Labute approximate surface area is 108 Å². The van der Waals surface area contributed by atoms with Gasteiger partial charge in [-0.3, -0.25) is 5.10 Å². The third-order valence-corrected chi connectivity index (χ3v) is 3.08. The Bertz CT molecular complexity index is 354. The van der Waals surface area contributed by atoms with Crippen molar-refractivity contribution in [3.8, 4) is 0 Å². The first-order valence-corrected chi connectivity index (χ1v) is 6.77. The van der Waals surface area contributed by atoms with Gasteiger partial charge in [0.05, 0.1) is 0 Å². The number of aromatic nitrogens is 3. The van der Waals surface area contributed by atoms with E-state index >= 15 is 0 Å². The quantitative estimate of drug-likeness (QED) is 0.726. The summed E-state index contributed by atoms with van der Waals surface area (Å²) in [5.74, 6) is 1.78. The Kier molecular flexibility index (Phi) is 4.95. The number of nitrogens with zero attached hydrogens (tertiary/aromatic N) is 3. The molecule has 0 saturated carbocycles. The second kappa shape index (κ2) is 6.70. The number of rotatable bonds is 6. The molecule has 1 aromatic rings. The number of hydrogen-bond donors (Lipinski definition) is 2. The summed E-state index contributed by atoms with van der Waals surface area (Å²) in [6.45, 7) is 8.70. The molecule has 6 nitrogen and oxygen atoms in total. The number of aryl methyl sites for hydroxylation is 1. The Hall–Kier alpha value is -1.14. The lowest BCUT2D eigenvalue weighted by Gasteiger charge is -2.30. The number of anilines is 1. The lowest BCUT2D eigenvalue weighted by molar-refractivity contribution is 0.145. The first-order valence-electron chi connectivity index (χ1n) is 6.77. The van der Waals surface area contributed by atoms with Gasteiger partial charge in [-0.2, -0.15) is 4.98 Å². The zero-order valence-electron chi connectivity index (χ0n) is 11.3. The Morgan fingerprint density at radius 1 is 1.50 bits per heavy atom. The second-order valence-corrected chi connectivity index (χ2v) is 4.68. The van der Waals surface area contributed by atoms with Crippen LogP contribution in [0.25, 0.3) is 0 Å². The maximum Gasteiger partial charge on any atom is 0.244 e. The zero-order valence-corrected chi connectivity index (χ0v) is 11.3. The average Bonchev–Trinajstić information content (AvgIpc) is 2.83. The van der Waals surface area contributed by atoms with Crippen molar-refractivity contribution in [3.05, 3.63) is 5.82 Å². The van der Waals surface area contributed by atoms with Crippen LogP contribution in [0.4, 0.5) is 5.95 Å². The van der Waals surface area contributed by atoms with Crippen LogP contribution >= 0.6 is 0 Å². The monoisotopic (exact) mass is 253 g/mol. The molecule has 2 heterocycles. The number of aromatic amines is 1. The van der Waals surface area contributed by atoms with Crippen molar-refractivity contribution >= 4 is 5.95 Å². The molecule has 1 aliphatic heterocycles. The molecule has 2 rings (SSSR count). The third kappa shape index (κ3) is 3.68. The second-order valence-electron chi connectivity index (χ2n) is 4.68. The maximum absolute atomic E-state index is 5.31. The summed E-state index contributed by atoms with van der Waals surface area (Å²) < 4.78 is 5.31. The summed E-state index contributed by atoms with van der Waals surface area (Å²) in [6.07, 6.45) is 1.88. The summed E-state index contributed by atoms with van der Waals surface area (Å²) in [5.41, 5.74) is 0. The van der Waals surface area contributed by atoms with Gasteiger partial charge in [-0.15, -0.1) is 5.10 Å². The van der Waals surface area contributed by atoms with Crippen LogP contribution in [0.15, 0.2) is 0 Å². The van der Waals surface area contributed by atoms with Gasteiger partial charge in [0.2, 0.25) is 5.95 Å². The summed E-state index contributed by atoms with van der Waals surface area (Å²) in [5, 5.41) is 10.7. The zero-order chi connectivity index (χ0) is 12.8. The van der Waals surface area contributed by atoms with Crippen LogP contribution in [0, 0.1) is 0 Å². The molecule has 0 aliphatic carbocycles. The Morgan fingerprint density at radius 2 is 2.39 bits per heavy atom. The van der Waals surface area contributed by atoms with Crippen molar-refractivity contribution in [2.45, 2.75) is 32.7 Å². The van der Waals surface area contributed by atoms with E-state index in [4.69, 9.17) is 4.74 Å². The van der Waals surface area contributed by atoms with Gasteiger partial charge >= 0.3 is 0 Å². The van der Waals surface area contributed by atoms with E-state index in [0.717, 1.165) is 57.5 Å². The molecule has 2 N–H and O–H groups in total. The van der Waals surface area contributed by atoms with Crippen molar-refractivity contribution in [2.75, 3.05) is 37.7 Å². The summed E-state index contributed by atoms with van der Waals surface area (Å²) in [7, 11) is 0. The van der Waals surface area contributed by atoms with Crippen LogP contribution in [0.2, 0.25) is 0 Å². The minimum absolute atomic E-state index is 0.499. The number of H-pyrrole nitrogens is 1. The molecular weight excluding hydrogens is 230 g/mol. The normalized spacial score (nSPS) is 20.3. The third-order valence-electron chi connectivity index (χ3n) is 3.08. The molecule has 0 unspecified atom stereocenters. The van der Waals surface area contributed by atoms with Gasteiger partial charge in [0, 0.05) is 45.3 Å². The number of hydrogen-bond acceptors (Lipinski definition) is 5. The van der Waals surface area contributed by atoms with Crippen molar-refractivity contribution < 1.29 is 4.74 Å². The first kappa shape index (κ1) is 13.3. The minimum Gasteiger partial charge on any atom is -0.382 e. The molecule has 6 heteroatoms. The molecule has 18 heavy (non-hydrogen) atoms. The van der Waals surface area contributed by atoms with Crippen LogP contribution in [-0.4, -0.2) is 54.1 Å². The average molecular weight is 253 g/mol. The fraction of sp³-hybridized carbons (Fsp3) is 0.833. The highest BCUT2D eigenvalue weighted by molar-refractivity contribution is 5.30. The standard InChI is InChI=1S/C12H23N5O/c1-3-18-8-4-5-11-14-12(16-15-11)17-7-6-13-10(2)9-17/h10,13H,3-9H2,1-2H3,(H,14,15,16)/t10-/m1/s1. The van der Waals surface area contributed by atoms with Gasteiger partial charge in [0.25, 0.3) is 0 Å². The van der Waals surface area contributed by atoms with E-state index in [-0.39, 0.29) is 0 Å². The predicted octanol–water partition coefficient (Wildman–Crippen LogP) is 0.572. The van der Waals surface area contributed by atoms with E-state index in [1.54, 1.807) is 0 Å². The van der Waals surface area contributed by atoms with E-state index in [2.05, 4.69) is 32.3 Å². The van der Waals surface area contributed by atoms with Gasteiger partial charge in [-0.05, 0) is 20.3 Å². The van der Waals surface area contributed by atoms with Gasteiger partial charge in [0.1, 0.15) is 5.82 Å². The molecule has 0 bridgehead atoms. The van der Waals surface area contributed by atoms with Gasteiger partial charge < -0.3 is 15.0 Å². The van der Waals surface area contributed by atoms with Crippen molar-refractivity contribution in [1.29, 1.82) is 0 Å². The van der Waals surface area contributed by atoms with Crippen LogP contribution < -0.4 is 10.2 Å². The molecule has 1 aromatic heterocycles. The van der Waals surface area contributed by atoms with E-state index in [1.165, 1.54) is 0 Å². The largest absolute Gasteiger partial charge is 0.382 e. The molecule has 0 radical (unpaired) electrons. The molecule has 1 fully saturated rings. The SMILES string of the molecule is CCOCCCc1nc(N2CCN[C@H](C)C2)n[nH]1. The van der Waals surface area contributed by atoms with Gasteiger partial charge in [0.15, 0.2) is 0 Å². The number of piperazine rings is 1. The highest BCUT2D eigenvalue weighted by atomic mass is 16.5. The fourth-order valence-corrected chi connectivity index (χ4v) is 2.14. The molecule has 0 spiro atoms. The summed E-state index contributed by atoms with van der Waals surface area (Å²) in [4.78, 5) is 6.77. The van der Waals surface area contributed by atoms with E-state index in [0.29, 0.717) is 6.04 Å². The Balaban J connectivity index is 1.81. The molecule has 102 valence electrons. The molecule has 1 atom stereocenters. The summed E-state index contributed by atoms with van der Waals surface area (Å²) >= 11 is 0. The topological polar surface area (TPSA) is 66.1 Å². The minimum atomic E-state index is 0.499. The van der Waals surface area contributed by atoms with Crippen LogP contribution in [-0.2, 0) is 11.2 Å². The fourth-order valence-electron chi connectivity index (χ4n) is 2.14. The van der Waals surface area contributed by atoms with E-state index in [9.17, 15) is 0 Å².